The highest BCUT2D eigenvalue weighted by Gasteiger charge is 2.02. The third-order valence-electron chi connectivity index (χ3n) is 2.46. The van der Waals surface area contributed by atoms with Crippen LogP contribution in [0.1, 0.15) is 24.5 Å². The molecule has 20 heavy (non-hydrogen) atoms. The summed E-state index contributed by atoms with van der Waals surface area (Å²) in [6.45, 7) is 4.08. The highest BCUT2D eigenvalue weighted by Crippen LogP contribution is 2.13. The Balaban J connectivity index is 2.46. The summed E-state index contributed by atoms with van der Waals surface area (Å²) in [6.07, 6.45) is 3.10. The minimum absolute atomic E-state index is 0.232. The maximum Gasteiger partial charge on any atom is 0.328 e. The molecule has 0 unspecified atom stereocenters. The molecule has 0 aliphatic rings. The number of hydrogen-bond donors (Lipinski definition) is 1. The van der Waals surface area contributed by atoms with E-state index < -0.39 is 11.8 Å². The fraction of sp³-hybridized carbons (Fsp3) is 0.400. The second kappa shape index (κ2) is 9.23. The number of aliphatic carboxylic acids is 1. The molecule has 0 atom stereocenters. The van der Waals surface area contributed by atoms with Gasteiger partial charge in [-0.2, -0.15) is 0 Å². The third kappa shape index (κ3) is 6.45. The summed E-state index contributed by atoms with van der Waals surface area (Å²) in [6, 6.07) is 4.48. The number of hydrogen-bond acceptors (Lipinski definition) is 3. The Morgan fingerprint density at radius 3 is 2.75 bits per heavy atom. The highest BCUT2D eigenvalue weighted by molar-refractivity contribution is 5.85. The van der Waals surface area contributed by atoms with Crippen molar-refractivity contribution in [2.24, 2.45) is 0 Å². The fourth-order valence-electron chi connectivity index (χ4n) is 1.53. The van der Waals surface area contributed by atoms with E-state index in [9.17, 15) is 9.18 Å². The number of ether oxygens (including phenoxy) is 2. The van der Waals surface area contributed by atoms with Crippen molar-refractivity contribution in [3.05, 3.63) is 41.2 Å². The summed E-state index contributed by atoms with van der Waals surface area (Å²) in [4.78, 5) is 10.4. The van der Waals surface area contributed by atoms with Crippen LogP contribution in [0.3, 0.4) is 0 Å². The van der Waals surface area contributed by atoms with Crippen LogP contribution in [-0.4, -0.2) is 30.9 Å². The maximum atomic E-state index is 13.4. The Morgan fingerprint density at radius 2 is 2.05 bits per heavy atom. The molecular formula is C15H19FO4. The zero-order chi connectivity index (χ0) is 14.8. The van der Waals surface area contributed by atoms with Crippen molar-refractivity contribution in [1.29, 1.82) is 0 Å². The van der Waals surface area contributed by atoms with Gasteiger partial charge in [-0.05, 0) is 30.2 Å². The van der Waals surface area contributed by atoms with E-state index >= 15 is 0 Å². The van der Waals surface area contributed by atoms with E-state index in [1.54, 1.807) is 12.1 Å². The van der Waals surface area contributed by atoms with Crippen molar-refractivity contribution >= 4 is 12.0 Å². The number of carboxylic acids is 1. The van der Waals surface area contributed by atoms with Gasteiger partial charge in [0.25, 0.3) is 0 Å². The van der Waals surface area contributed by atoms with Crippen molar-refractivity contribution in [3.8, 4) is 0 Å². The molecule has 0 aliphatic heterocycles. The molecule has 110 valence electrons. The summed E-state index contributed by atoms with van der Waals surface area (Å²) < 4.78 is 24.1. The molecule has 1 aromatic rings. The molecule has 0 aliphatic carbocycles. The molecule has 5 heteroatoms. The van der Waals surface area contributed by atoms with Crippen LogP contribution >= 0.6 is 0 Å². The highest BCUT2D eigenvalue weighted by atomic mass is 19.1. The normalized spacial score (nSPS) is 11.1. The van der Waals surface area contributed by atoms with Gasteiger partial charge in [-0.25, -0.2) is 9.18 Å². The molecular weight excluding hydrogens is 263 g/mol. The lowest BCUT2D eigenvalue weighted by molar-refractivity contribution is -0.131. The zero-order valence-electron chi connectivity index (χ0n) is 11.5. The van der Waals surface area contributed by atoms with Crippen LogP contribution in [-0.2, 0) is 20.9 Å². The summed E-state index contributed by atoms with van der Waals surface area (Å²) >= 11 is 0. The summed E-state index contributed by atoms with van der Waals surface area (Å²) in [5, 5.41) is 8.53. The summed E-state index contributed by atoms with van der Waals surface area (Å²) in [5.74, 6) is -1.57. The SMILES string of the molecule is CCCOCCOCc1ccc(F)c(C=CC(=O)O)c1. The van der Waals surface area contributed by atoms with Crippen molar-refractivity contribution in [3.63, 3.8) is 0 Å². The van der Waals surface area contributed by atoms with Crippen LogP contribution in [0.15, 0.2) is 24.3 Å². The van der Waals surface area contributed by atoms with Gasteiger partial charge in [0, 0.05) is 18.2 Å². The standard InChI is InChI=1S/C15H19FO4/c1-2-7-19-8-9-20-11-12-3-5-14(16)13(10-12)4-6-15(17)18/h3-6,10H,2,7-9,11H2,1H3,(H,17,18). The topological polar surface area (TPSA) is 55.8 Å². The minimum atomic E-state index is -1.11. The molecule has 0 bridgehead atoms. The van der Waals surface area contributed by atoms with Crippen molar-refractivity contribution in [2.45, 2.75) is 20.0 Å². The van der Waals surface area contributed by atoms with E-state index in [0.717, 1.165) is 18.1 Å². The van der Waals surface area contributed by atoms with Gasteiger partial charge in [0.2, 0.25) is 0 Å². The molecule has 1 N–H and O–H groups in total. The quantitative estimate of drug-likeness (QED) is 0.559. The Bertz CT molecular complexity index is 457. The zero-order valence-corrected chi connectivity index (χ0v) is 11.5. The molecule has 1 aromatic carbocycles. The van der Waals surface area contributed by atoms with Crippen LogP contribution in [0.25, 0.3) is 6.08 Å². The Morgan fingerprint density at radius 1 is 1.30 bits per heavy atom. The summed E-state index contributed by atoms with van der Waals surface area (Å²) in [7, 11) is 0. The first-order chi connectivity index (χ1) is 9.63. The smallest absolute Gasteiger partial charge is 0.328 e. The van der Waals surface area contributed by atoms with Crippen LogP contribution in [0.2, 0.25) is 0 Å². The predicted molar refractivity (Wildman–Crippen MR) is 73.8 cm³/mol. The lowest BCUT2D eigenvalue weighted by Crippen LogP contribution is -2.05. The number of benzene rings is 1. The van der Waals surface area contributed by atoms with Crippen molar-refractivity contribution in [2.75, 3.05) is 19.8 Å². The second-order valence-electron chi connectivity index (χ2n) is 4.19. The number of carboxylic acid groups (broad SMARTS) is 1. The first kappa shape index (κ1) is 16.3. The Labute approximate surface area is 117 Å². The number of halogens is 1. The van der Waals surface area contributed by atoms with Crippen LogP contribution in [0, 0.1) is 5.82 Å². The first-order valence-electron chi connectivity index (χ1n) is 6.48. The van der Waals surface area contributed by atoms with E-state index in [1.807, 2.05) is 6.92 Å². The average Bonchev–Trinajstić information content (AvgIpc) is 2.42. The Kier molecular flexibility index (Phi) is 7.54. The molecule has 0 saturated heterocycles. The minimum Gasteiger partial charge on any atom is -0.478 e. The van der Waals surface area contributed by atoms with Gasteiger partial charge in [-0.15, -0.1) is 0 Å². The van der Waals surface area contributed by atoms with Gasteiger partial charge < -0.3 is 14.6 Å². The largest absolute Gasteiger partial charge is 0.478 e. The fourth-order valence-corrected chi connectivity index (χ4v) is 1.53. The van der Waals surface area contributed by atoms with E-state index in [-0.39, 0.29) is 5.56 Å². The van der Waals surface area contributed by atoms with Crippen LogP contribution < -0.4 is 0 Å². The monoisotopic (exact) mass is 282 g/mol. The molecule has 0 heterocycles. The number of carbonyl (C=O) groups is 1. The van der Waals surface area contributed by atoms with E-state index in [1.165, 1.54) is 12.1 Å². The average molecular weight is 282 g/mol. The Hall–Kier alpha value is -1.72. The summed E-state index contributed by atoms with van der Waals surface area (Å²) in [5.41, 5.74) is 1.02. The third-order valence-corrected chi connectivity index (χ3v) is 2.46. The molecule has 0 radical (unpaired) electrons. The van der Waals surface area contributed by atoms with Crippen LogP contribution in [0.4, 0.5) is 4.39 Å². The van der Waals surface area contributed by atoms with Gasteiger partial charge in [-0.1, -0.05) is 13.0 Å². The molecule has 0 amide bonds. The molecule has 0 fully saturated rings. The van der Waals surface area contributed by atoms with Gasteiger partial charge >= 0.3 is 5.97 Å². The van der Waals surface area contributed by atoms with E-state index in [0.29, 0.717) is 26.4 Å². The van der Waals surface area contributed by atoms with Crippen molar-refractivity contribution in [1.82, 2.24) is 0 Å². The number of rotatable bonds is 9. The molecule has 1 rings (SSSR count). The lowest BCUT2D eigenvalue weighted by Gasteiger charge is -2.06. The lowest BCUT2D eigenvalue weighted by atomic mass is 10.1. The van der Waals surface area contributed by atoms with Crippen molar-refractivity contribution < 1.29 is 23.8 Å². The van der Waals surface area contributed by atoms with Gasteiger partial charge in [0.1, 0.15) is 5.82 Å². The van der Waals surface area contributed by atoms with Gasteiger partial charge in [-0.3, -0.25) is 0 Å². The van der Waals surface area contributed by atoms with Gasteiger partial charge in [0.05, 0.1) is 19.8 Å². The van der Waals surface area contributed by atoms with Crippen LogP contribution in [0.5, 0.6) is 0 Å². The van der Waals surface area contributed by atoms with Gasteiger partial charge in [0.15, 0.2) is 0 Å². The first-order valence-corrected chi connectivity index (χ1v) is 6.48. The second-order valence-corrected chi connectivity index (χ2v) is 4.19. The van der Waals surface area contributed by atoms with E-state index in [2.05, 4.69) is 0 Å². The molecule has 0 saturated carbocycles. The maximum absolute atomic E-state index is 13.4. The predicted octanol–water partition coefficient (Wildman–Crippen LogP) is 2.87. The molecule has 0 aromatic heterocycles. The molecule has 4 nitrogen and oxygen atoms in total. The molecule has 0 spiro atoms. The van der Waals surface area contributed by atoms with E-state index in [4.69, 9.17) is 14.6 Å².